The normalized spacial score (nSPS) is 26.4. The van der Waals surface area contributed by atoms with Crippen molar-refractivity contribution < 1.29 is 9.90 Å². The minimum Gasteiger partial charge on any atom is -0.465 e. The zero-order valence-corrected chi connectivity index (χ0v) is 12.4. The van der Waals surface area contributed by atoms with Crippen LogP contribution in [0.4, 0.5) is 4.79 Å². The highest BCUT2D eigenvalue weighted by Crippen LogP contribution is 2.31. The van der Waals surface area contributed by atoms with Crippen LogP contribution in [-0.4, -0.2) is 53.2 Å². The number of hydrogen-bond acceptors (Lipinski definition) is 2. The van der Waals surface area contributed by atoms with Crippen molar-refractivity contribution in [2.45, 2.75) is 31.7 Å². The quantitative estimate of drug-likeness (QED) is 0.930. The molecule has 2 fully saturated rings. The van der Waals surface area contributed by atoms with Crippen LogP contribution < -0.4 is 0 Å². The fourth-order valence-electron chi connectivity index (χ4n) is 3.81. The second-order valence-corrected chi connectivity index (χ2v) is 6.27. The Morgan fingerprint density at radius 3 is 2.76 bits per heavy atom. The highest BCUT2D eigenvalue weighted by Gasteiger charge is 2.38. The average molecular weight is 288 g/mol. The molecule has 0 unspecified atom stereocenters. The summed E-state index contributed by atoms with van der Waals surface area (Å²) < 4.78 is 0. The minimum atomic E-state index is -0.743. The van der Waals surface area contributed by atoms with Crippen LogP contribution in [-0.2, 0) is 6.42 Å². The van der Waals surface area contributed by atoms with E-state index in [0.29, 0.717) is 5.92 Å². The lowest BCUT2D eigenvalue weighted by molar-refractivity contribution is 0.122. The third-order valence-corrected chi connectivity index (χ3v) is 4.99. The van der Waals surface area contributed by atoms with Gasteiger partial charge in [0.2, 0.25) is 0 Å². The predicted molar refractivity (Wildman–Crippen MR) is 82.4 cm³/mol. The Labute approximate surface area is 126 Å². The first-order valence-corrected chi connectivity index (χ1v) is 8.00. The Hall–Kier alpha value is -1.55. The second kappa shape index (κ2) is 6.48. The Balaban J connectivity index is 1.60. The van der Waals surface area contributed by atoms with Gasteiger partial charge < -0.3 is 14.9 Å². The third-order valence-electron chi connectivity index (χ3n) is 4.99. The van der Waals surface area contributed by atoms with Gasteiger partial charge in [0.15, 0.2) is 0 Å². The number of carbonyl (C=O) groups is 1. The molecule has 0 aromatic heterocycles. The molecule has 1 aromatic rings. The lowest BCUT2D eigenvalue weighted by Crippen LogP contribution is -2.44. The molecule has 1 aromatic carbocycles. The van der Waals surface area contributed by atoms with E-state index < -0.39 is 6.09 Å². The Morgan fingerprint density at radius 2 is 2.00 bits per heavy atom. The summed E-state index contributed by atoms with van der Waals surface area (Å²) in [6.07, 6.45) is 3.72. The van der Waals surface area contributed by atoms with Crippen molar-refractivity contribution in [3.63, 3.8) is 0 Å². The molecule has 1 amide bonds. The molecular formula is C17H24N2O2. The minimum absolute atomic E-state index is 0.209. The molecule has 1 N–H and O–H groups in total. The van der Waals surface area contributed by atoms with E-state index in [1.807, 2.05) is 6.07 Å². The summed E-state index contributed by atoms with van der Waals surface area (Å²) in [5.74, 6) is 0.572. The summed E-state index contributed by atoms with van der Waals surface area (Å²) in [6, 6.07) is 10.7. The number of carboxylic acid groups (broad SMARTS) is 1. The molecule has 21 heavy (non-hydrogen) atoms. The smallest absolute Gasteiger partial charge is 0.407 e. The molecule has 4 nitrogen and oxygen atoms in total. The molecule has 0 spiro atoms. The van der Waals surface area contributed by atoms with E-state index in [0.717, 1.165) is 39.0 Å². The van der Waals surface area contributed by atoms with Gasteiger partial charge in [-0.2, -0.15) is 0 Å². The van der Waals surface area contributed by atoms with Crippen molar-refractivity contribution in [1.29, 1.82) is 0 Å². The summed E-state index contributed by atoms with van der Waals surface area (Å²) in [7, 11) is 0. The van der Waals surface area contributed by atoms with Crippen LogP contribution in [0.25, 0.3) is 0 Å². The maximum Gasteiger partial charge on any atom is 0.407 e. The van der Waals surface area contributed by atoms with Gasteiger partial charge in [0.1, 0.15) is 0 Å². The van der Waals surface area contributed by atoms with E-state index in [1.165, 1.54) is 18.4 Å². The number of fused-ring (bicyclic) bond motifs is 1. The van der Waals surface area contributed by atoms with Gasteiger partial charge in [-0.3, -0.25) is 0 Å². The molecule has 4 heteroatoms. The van der Waals surface area contributed by atoms with Gasteiger partial charge >= 0.3 is 6.09 Å². The molecule has 114 valence electrons. The van der Waals surface area contributed by atoms with Crippen LogP contribution in [0.5, 0.6) is 0 Å². The topological polar surface area (TPSA) is 43.8 Å². The van der Waals surface area contributed by atoms with E-state index in [1.54, 1.807) is 4.90 Å². The molecule has 0 radical (unpaired) electrons. The van der Waals surface area contributed by atoms with Crippen LogP contribution in [0.2, 0.25) is 0 Å². The summed E-state index contributed by atoms with van der Waals surface area (Å²) in [4.78, 5) is 15.5. The molecule has 2 saturated heterocycles. The molecular weight excluding hydrogens is 264 g/mol. The van der Waals surface area contributed by atoms with Crippen molar-refractivity contribution in [2.24, 2.45) is 5.92 Å². The summed E-state index contributed by atoms with van der Waals surface area (Å²) in [5, 5.41) is 9.35. The number of hydrogen-bond donors (Lipinski definition) is 1. The number of nitrogens with zero attached hydrogens (tertiary/aromatic N) is 2. The highest BCUT2D eigenvalue weighted by atomic mass is 16.4. The second-order valence-electron chi connectivity index (χ2n) is 6.27. The average Bonchev–Trinajstić information content (AvgIpc) is 2.78. The fraction of sp³-hybridized carbons (Fsp3) is 0.588. The van der Waals surface area contributed by atoms with E-state index in [4.69, 9.17) is 0 Å². The van der Waals surface area contributed by atoms with Gasteiger partial charge in [0, 0.05) is 19.6 Å². The van der Waals surface area contributed by atoms with Crippen molar-refractivity contribution in [3.05, 3.63) is 35.9 Å². The molecule has 3 rings (SSSR count). The maximum absolute atomic E-state index is 11.4. The molecule has 2 aliphatic rings. The van der Waals surface area contributed by atoms with E-state index >= 15 is 0 Å². The molecule has 0 saturated carbocycles. The SMILES string of the molecule is O=C(O)N1CC[C@H]2CCCN(CCc3ccccc3)C[C@H]21. The first kappa shape index (κ1) is 14.4. The number of likely N-dealkylation sites (tertiary alicyclic amines) is 2. The van der Waals surface area contributed by atoms with Gasteiger partial charge in [0.25, 0.3) is 0 Å². The van der Waals surface area contributed by atoms with Crippen LogP contribution >= 0.6 is 0 Å². The van der Waals surface area contributed by atoms with Crippen molar-refractivity contribution in [3.8, 4) is 0 Å². The first-order valence-electron chi connectivity index (χ1n) is 8.00. The third kappa shape index (κ3) is 3.38. The maximum atomic E-state index is 11.4. The monoisotopic (exact) mass is 288 g/mol. The van der Waals surface area contributed by atoms with Gasteiger partial charge in [-0.25, -0.2) is 4.79 Å². The zero-order chi connectivity index (χ0) is 14.7. The highest BCUT2D eigenvalue weighted by molar-refractivity contribution is 5.66. The van der Waals surface area contributed by atoms with Crippen molar-refractivity contribution in [1.82, 2.24) is 9.80 Å². The molecule has 2 atom stereocenters. The van der Waals surface area contributed by atoms with Crippen LogP contribution in [0.3, 0.4) is 0 Å². The van der Waals surface area contributed by atoms with Gasteiger partial charge in [-0.15, -0.1) is 0 Å². The first-order chi connectivity index (χ1) is 10.2. The van der Waals surface area contributed by atoms with E-state index in [9.17, 15) is 9.90 Å². The Morgan fingerprint density at radius 1 is 1.19 bits per heavy atom. The van der Waals surface area contributed by atoms with Gasteiger partial charge in [0.05, 0.1) is 6.04 Å². The van der Waals surface area contributed by atoms with Crippen molar-refractivity contribution in [2.75, 3.05) is 26.2 Å². The van der Waals surface area contributed by atoms with Crippen LogP contribution in [0.15, 0.2) is 30.3 Å². The molecule has 0 bridgehead atoms. The van der Waals surface area contributed by atoms with Gasteiger partial charge in [-0.05, 0) is 43.7 Å². The van der Waals surface area contributed by atoms with Gasteiger partial charge in [-0.1, -0.05) is 30.3 Å². The standard InChI is InChI=1S/C17H24N2O2/c20-17(21)19-12-9-15-7-4-10-18(13-16(15)19)11-8-14-5-2-1-3-6-14/h1-3,5-6,15-16H,4,7-13H2,(H,20,21)/t15-,16-/m1/s1. The Kier molecular flexibility index (Phi) is 4.44. The largest absolute Gasteiger partial charge is 0.465 e. The molecule has 2 aliphatic heterocycles. The number of benzene rings is 1. The summed E-state index contributed by atoms with van der Waals surface area (Å²) in [5.41, 5.74) is 1.36. The molecule has 2 heterocycles. The predicted octanol–water partition coefficient (Wildman–Crippen LogP) is 2.69. The fourth-order valence-corrected chi connectivity index (χ4v) is 3.81. The van der Waals surface area contributed by atoms with Crippen LogP contribution in [0.1, 0.15) is 24.8 Å². The zero-order valence-electron chi connectivity index (χ0n) is 12.4. The number of rotatable bonds is 3. The molecule has 0 aliphatic carbocycles. The van der Waals surface area contributed by atoms with Crippen molar-refractivity contribution >= 4 is 6.09 Å². The lowest BCUT2D eigenvalue weighted by atomic mass is 9.96. The lowest BCUT2D eigenvalue weighted by Gasteiger charge is -2.29. The van der Waals surface area contributed by atoms with Crippen LogP contribution in [0, 0.1) is 5.92 Å². The summed E-state index contributed by atoms with van der Waals surface area (Å²) in [6.45, 7) is 3.76. The van der Waals surface area contributed by atoms with E-state index in [2.05, 4.69) is 29.2 Å². The van der Waals surface area contributed by atoms with E-state index in [-0.39, 0.29) is 6.04 Å². The number of amides is 1. The summed E-state index contributed by atoms with van der Waals surface area (Å²) >= 11 is 0. The Bertz CT molecular complexity index is 477.